The van der Waals surface area contributed by atoms with Crippen LogP contribution in [0.3, 0.4) is 0 Å². The maximum atomic E-state index is 13.7. The van der Waals surface area contributed by atoms with Gasteiger partial charge in [0.15, 0.2) is 0 Å². The van der Waals surface area contributed by atoms with Crippen molar-refractivity contribution >= 4 is 16.1 Å². The average molecular weight is 467 g/mol. The molecule has 0 aromatic rings. The van der Waals surface area contributed by atoms with Crippen LogP contribution in [-0.4, -0.2) is 69.3 Å². The maximum Gasteiger partial charge on any atom is 0.460 e. The van der Waals surface area contributed by atoms with Gasteiger partial charge in [-0.3, -0.25) is 0 Å². The van der Waals surface area contributed by atoms with E-state index in [1.54, 1.807) is 0 Å². The van der Waals surface area contributed by atoms with Gasteiger partial charge in [0.2, 0.25) is 0 Å². The van der Waals surface area contributed by atoms with E-state index in [1.165, 1.54) is 18.9 Å². The zero-order chi connectivity index (χ0) is 23.1. The second kappa shape index (κ2) is 7.85. The van der Waals surface area contributed by atoms with Gasteiger partial charge in [-0.2, -0.15) is 47.9 Å². The highest BCUT2D eigenvalue weighted by Gasteiger charge is 2.86. The Hall–Kier alpha value is -1.71. The standard InChI is InChI=1S/C13H14F9NO5S/c1-3-27-9(24)7-6-23(2)5-4-8(7)28-29(25,26)13(21,22)11(16,17)10(14,15)12(18,19)20/h3-6H2,1-2H3. The largest absolute Gasteiger partial charge is 0.462 e. The minimum atomic E-state index is -7.42. The zero-order valence-corrected chi connectivity index (χ0v) is 15.4. The third-order valence-corrected chi connectivity index (χ3v) is 4.95. The van der Waals surface area contributed by atoms with Crippen molar-refractivity contribution in [2.45, 2.75) is 36.6 Å². The summed E-state index contributed by atoms with van der Waals surface area (Å²) in [6.45, 7) is 0.451. The Morgan fingerprint density at radius 3 is 2.00 bits per heavy atom. The molecule has 0 aliphatic carbocycles. The molecule has 0 amide bonds. The van der Waals surface area contributed by atoms with Crippen LogP contribution >= 0.6 is 0 Å². The molecule has 1 aliphatic rings. The molecule has 0 radical (unpaired) electrons. The van der Waals surface area contributed by atoms with Crippen LogP contribution < -0.4 is 0 Å². The summed E-state index contributed by atoms with van der Waals surface area (Å²) < 4.78 is 148. The Bertz CT molecular complexity index is 776. The van der Waals surface area contributed by atoms with Crippen molar-refractivity contribution in [3.8, 4) is 0 Å². The molecule has 1 heterocycles. The SMILES string of the molecule is CCOC(=O)C1=C(OS(=O)(=O)C(F)(F)C(F)(F)C(F)(F)C(F)(F)F)CCN(C)C1. The summed E-state index contributed by atoms with van der Waals surface area (Å²) in [5.41, 5.74) is -0.703. The third kappa shape index (κ3) is 4.41. The molecule has 0 aromatic heterocycles. The van der Waals surface area contributed by atoms with Crippen LogP contribution in [0.2, 0.25) is 0 Å². The molecule has 1 aliphatic heterocycles. The lowest BCUT2D eigenvalue weighted by Crippen LogP contribution is -2.63. The van der Waals surface area contributed by atoms with Crippen LogP contribution in [0.5, 0.6) is 0 Å². The van der Waals surface area contributed by atoms with Gasteiger partial charge < -0.3 is 13.8 Å². The van der Waals surface area contributed by atoms with Crippen LogP contribution in [0.4, 0.5) is 39.5 Å². The highest BCUT2D eigenvalue weighted by Crippen LogP contribution is 2.55. The van der Waals surface area contributed by atoms with Crippen molar-refractivity contribution in [3.63, 3.8) is 0 Å². The fourth-order valence-electron chi connectivity index (χ4n) is 2.07. The van der Waals surface area contributed by atoms with E-state index in [9.17, 15) is 52.7 Å². The minimum absolute atomic E-state index is 0.144. The van der Waals surface area contributed by atoms with E-state index in [4.69, 9.17) is 0 Å². The summed E-state index contributed by atoms with van der Waals surface area (Å²) in [5.74, 6) is -17.2. The molecule has 6 nitrogen and oxygen atoms in total. The molecule has 0 saturated carbocycles. The number of nitrogens with zero attached hydrogens (tertiary/aromatic N) is 1. The highest BCUT2D eigenvalue weighted by molar-refractivity contribution is 7.88. The molecule has 29 heavy (non-hydrogen) atoms. The number of likely N-dealkylation sites (N-methyl/N-ethyl adjacent to an activating group) is 1. The summed E-state index contributed by atoms with van der Waals surface area (Å²) in [7, 11) is -5.72. The molecular weight excluding hydrogens is 453 g/mol. The second-order valence-electron chi connectivity index (χ2n) is 5.81. The molecule has 0 saturated heterocycles. The monoisotopic (exact) mass is 467 g/mol. The fourth-order valence-corrected chi connectivity index (χ4v) is 3.07. The van der Waals surface area contributed by atoms with Gasteiger partial charge in [0.1, 0.15) is 5.76 Å². The highest BCUT2D eigenvalue weighted by atomic mass is 32.2. The first kappa shape index (κ1) is 25.3. The molecule has 0 fully saturated rings. The summed E-state index contributed by atoms with van der Waals surface area (Å²) in [6.07, 6.45) is -7.83. The van der Waals surface area contributed by atoms with Gasteiger partial charge in [-0.25, -0.2) is 4.79 Å². The van der Waals surface area contributed by atoms with Gasteiger partial charge in [0.25, 0.3) is 0 Å². The summed E-state index contributed by atoms with van der Waals surface area (Å²) in [4.78, 5) is 13.1. The summed E-state index contributed by atoms with van der Waals surface area (Å²) in [6, 6.07) is 0. The Labute approximate surface area is 158 Å². The Kier molecular flexibility index (Phi) is 6.85. The van der Waals surface area contributed by atoms with E-state index in [0.29, 0.717) is 0 Å². The summed E-state index contributed by atoms with van der Waals surface area (Å²) in [5, 5.41) is -7.00. The van der Waals surface area contributed by atoms with E-state index < -0.39 is 63.7 Å². The first-order chi connectivity index (χ1) is 12.8. The van der Waals surface area contributed by atoms with Crippen molar-refractivity contribution in [1.82, 2.24) is 4.90 Å². The van der Waals surface area contributed by atoms with Crippen molar-refractivity contribution in [1.29, 1.82) is 0 Å². The number of alkyl halides is 9. The number of halogens is 9. The maximum absolute atomic E-state index is 13.7. The van der Waals surface area contributed by atoms with E-state index in [0.717, 1.165) is 0 Å². The van der Waals surface area contributed by atoms with Gasteiger partial charge in [0, 0.05) is 19.5 Å². The van der Waals surface area contributed by atoms with Gasteiger partial charge in [0.05, 0.1) is 12.2 Å². The number of carbonyl (C=O) groups is 1. The minimum Gasteiger partial charge on any atom is -0.462 e. The predicted octanol–water partition coefficient (Wildman–Crippen LogP) is 2.91. The van der Waals surface area contributed by atoms with Crippen LogP contribution in [0.1, 0.15) is 13.3 Å². The third-order valence-electron chi connectivity index (χ3n) is 3.65. The molecule has 0 atom stereocenters. The van der Waals surface area contributed by atoms with Crippen LogP contribution in [0, 0.1) is 0 Å². The van der Waals surface area contributed by atoms with Crippen LogP contribution in [0.25, 0.3) is 0 Å². The number of ether oxygens (including phenoxy) is 1. The predicted molar refractivity (Wildman–Crippen MR) is 76.7 cm³/mol. The number of carbonyl (C=O) groups excluding carboxylic acids is 1. The van der Waals surface area contributed by atoms with Crippen molar-refractivity contribution in [2.24, 2.45) is 0 Å². The van der Waals surface area contributed by atoms with E-state index in [1.807, 2.05) is 0 Å². The molecule has 0 unspecified atom stereocenters. The molecule has 1 rings (SSSR count). The quantitative estimate of drug-likeness (QED) is 0.326. The number of hydrogen-bond acceptors (Lipinski definition) is 6. The lowest BCUT2D eigenvalue weighted by molar-refractivity contribution is -0.382. The molecule has 170 valence electrons. The lowest BCUT2D eigenvalue weighted by atomic mass is 10.1. The first-order valence-electron chi connectivity index (χ1n) is 7.55. The molecule has 0 spiro atoms. The molecule has 0 bridgehead atoms. The summed E-state index contributed by atoms with van der Waals surface area (Å²) >= 11 is 0. The lowest BCUT2D eigenvalue weighted by Gasteiger charge is -2.33. The molecule has 0 N–H and O–H groups in total. The normalized spacial score (nSPS) is 18.0. The fraction of sp³-hybridized carbons (Fsp3) is 0.769. The van der Waals surface area contributed by atoms with Crippen molar-refractivity contribution < 1.29 is 61.6 Å². The van der Waals surface area contributed by atoms with Crippen molar-refractivity contribution in [3.05, 3.63) is 11.3 Å². The van der Waals surface area contributed by atoms with E-state index >= 15 is 0 Å². The van der Waals surface area contributed by atoms with Gasteiger partial charge in [-0.05, 0) is 14.0 Å². The number of hydrogen-bond donors (Lipinski definition) is 0. The molecular formula is C13H14F9NO5S. The number of esters is 1. The van der Waals surface area contributed by atoms with E-state index in [-0.39, 0.29) is 13.2 Å². The Balaban J connectivity index is 3.42. The second-order valence-corrected chi connectivity index (χ2v) is 7.40. The number of rotatable bonds is 7. The van der Waals surface area contributed by atoms with Crippen molar-refractivity contribution in [2.75, 3.05) is 26.7 Å². The Morgan fingerprint density at radius 2 is 1.55 bits per heavy atom. The molecule has 0 aromatic carbocycles. The zero-order valence-electron chi connectivity index (χ0n) is 14.6. The van der Waals surface area contributed by atoms with Gasteiger partial charge in [-0.15, -0.1) is 0 Å². The van der Waals surface area contributed by atoms with Crippen LogP contribution in [0.15, 0.2) is 11.3 Å². The molecule has 16 heteroatoms. The average Bonchev–Trinajstić information content (AvgIpc) is 2.54. The van der Waals surface area contributed by atoms with Gasteiger partial charge >= 0.3 is 39.4 Å². The first-order valence-corrected chi connectivity index (χ1v) is 8.96. The Morgan fingerprint density at radius 1 is 1.03 bits per heavy atom. The smallest absolute Gasteiger partial charge is 0.460 e. The topological polar surface area (TPSA) is 72.9 Å². The van der Waals surface area contributed by atoms with Crippen LogP contribution in [-0.2, 0) is 23.8 Å². The van der Waals surface area contributed by atoms with E-state index in [2.05, 4.69) is 8.92 Å². The van der Waals surface area contributed by atoms with Gasteiger partial charge in [-0.1, -0.05) is 0 Å².